The molecule has 5 rings (SSSR count). The van der Waals surface area contributed by atoms with Crippen molar-refractivity contribution >= 4 is 10.9 Å². The maximum atomic E-state index is 13.2. The van der Waals surface area contributed by atoms with Crippen LogP contribution < -0.4 is 14.2 Å². The van der Waals surface area contributed by atoms with Crippen LogP contribution in [0, 0.1) is 5.92 Å². The minimum Gasteiger partial charge on any atom is -0.493 e. The molecule has 3 heterocycles. The quantitative estimate of drug-likeness (QED) is 0.397. The molecule has 2 aliphatic heterocycles. The van der Waals surface area contributed by atoms with Gasteiger partial charge in [0.2, 0.25) is 5.88 Å². The molecule has 0 N–H and O–H groups in total. The molecule has 3 aromatic rings. The Morgan fingerprint density at radius 3 is 2.54 bits per heavy atom. The number of nitrogens with zero attached hydrogens (tertiary/aromatic N) is 3. The Bertz CT molecular complexity index is 1210. The zero-order chi connectivity index (χ0) is 25.8. The lowest BCUT2D eigenvalue weighted by molar-refractivity contribution is -0.137. The summed E-state index contributed by atoms with van der Waals surface area (Å²) in [6, 6.07) is 8.30. The van der Waals surface area contributed by atoms with Crippen LogP contribution in [0.1, 0.15) is 31.2 Å². The van der Waals surface area contributed by atoms with Crippen molar-refractivity contribution in [3.63, 3.8) is 0 Å². The smallest absolute Gasteiger partial charge is 0.416 e. The number of halogens is 3. The lowest BCUT2D eigenvalue weighted by atomic mass is 9.98. The highest BCUT2D eigenvalue weighted by Crippen LogP contribution is 2.39. The number of likely N-dealkylation sites (tertiary alicyclic amines) is 1. The Morgan fingerprint density at radius 1 is 1.00 bits per heavy atom. The number of piperidine rings is 1. The number of fused-ring (bicyclic) bond motifs is 1. The molecule has 10 heteroatoms. The maximum Gasteiger partial charge on any atom is 0.416 e. The zero-order valence-electron chi connectivity index (χ0n) is 20.7. The van der Waals surface area contributed by atoms with Crippen molar-refractivity contribution < 1.29 is 32.1 Å². The summed E-state index contributed by atoms with van der Waals surface area (Å²) in [6.45, 7) is 3.88. The average molecular weight is 518 g/mol. The molecule has 0 spiro atoms. The third-order valence-corrected chi connectivity index (χ3v) is 6.80. The predicted octanol–water partition coefficient (Wildman–Crippen LogP) is 5.72. The Labute approximate surface area is 213 Å². The molecule has 198 valence electrons. The maximum absolute atomic E-state index is 13.2. The van der Waals surface area contributed by atoms with Gasteiger partial charge in [0.1, 0.15) is 35.1 Å². The standard InChI is InChI=1S/C27H30F3N3O4/c1-33-9-5-18(6-10-33)16-35-22-14-23-25(24(15-22)36-20-7-11-34-12-8-20)26(32-17-31-23)37-21-4-2-3-19(13-21)27(28,29)30/h2-4,13-15,17-18,20H,5-12,16H2,1H3. The lowest BCUT2D eigenvalue weighted by Crippen LogP contribution is -2.32. The van der Waals surface area contributed by atoms with Crippen molar-refractivity contribution in [2.75, 3.05) is 40.0 Å². The summed E-state index contributed by atoms with van der Waals surface area (Å²) < 4.78 is 63.5. The molecule has 2 saturated heterocycles. The molecule has 0 unspecified atom stereocenters. The van der Waals surface area contributed by atoms with Crippen LogP contribution in [0.25, 0.3) is 10.9 Å². The van der Waals surface area contributed by atoms with Gasteiger partial charge in [0.25, 0.3) is 0 Å². The van der Waals surface area contributed by atoms with E-state index < -0.39 is 11.7 Å². The van der Waals surface area contributed by atoms with Gasteiger partial charge in [-0.15, -0.1) is 0 Å². The summed E-state index contributed by atoms with van der Waals surface area (Å²) in [5.74, 6) is 1.71. The second-order valence-electron chi connectivity index (χ2n) is 9.61. The minimum atomic E-state index is -4.48. The monoisotopic (exact) mass is 517 g/mol. The lowest BCUT2D eigenvalue weighted by Gasteiger charge is -2.29. The average Bonchev–Trinajstić information content (AvgIpc) is 2.89. The zero-order valence-corrected chi connectivity index (χ0v) is 20.7. The Morgan fingerprint density at radius 2 is 1.78 bits per heavy atom. The van der Waals surface area contributed by atoms with Crippen LogP contribution in [0.5, 0.6) is 23.1 Å². The largest absolute Gasteiger partial charge is 0.493 e. The highest BCUT2D eigenvalue weighted by molar-refractivity contribution is 5.91. The van der Waals surface area contributed by atoms with Gasteiger partial charge in [-0.25, -0.2) is 9.97 Å². The fourth-order valence-electron chi connectivity index (χ4n) is 4.62. The van der Waals surface area contributed by atoms with Crippen LogP contribution in [-0.4, -0.2) is 60.9 Å². The summed E-state index contributed by atoms with van der Waals surface area (Å²) in [5.41, 5.74) is -0.272. The van der Waals surface area contributed by atoms with Gasteiger partial charge in [-0.05, 0) is 57.1 Å². The van der Waals surface area contributed by atoms with E-state index in [4.69, 9.17) is 18.9 Å². The molecule has 2 aliphatic rings. The van der Waals surface area contributed by atoms with E-state index in [1.165, 1.54) is 18.5 Å². The van der Waals surface area contributed by atoms with Gasteiger partial charge in [0.05, 0.1) is 30.9 Å². The van der Waals surface area contributed by atoms with Crippen molar-refractivity contribution in [2.45, 2.75) is 38.0 Å². The third kappa shape index (κ3) is 6.42. The normalized spacial score (nSPS) is 18.2. The SMILES string of the molecule is CN1CCC(COc2cc(OC3CCOCC3)c3c(Oc4cccc(C(F)(F)F)c4)ncnc3c2)CC1. The molecule has 37 heavy (non-hydrogen) atoms. The first kappa shape index (κ1) is 25.5. The van der Waals surface area contributed by atoms with Gasteiger partial charge in [-0.3, -0.25) is 0 Å². The summed E-state index contributed by atoms with van der Waals surface area (Å²) in [4.78, 5) is 11.0. The number of rotatable bonds is 7. The number of hydrogen-bond donors (Lipinski definition) is 0. The van der Waals surface area contributed by atoms with Crippen LogP contribution in [0.15, 0.2) is 42.7 Å². The van der Waals surface area contributed by atoms with Gasteiger partial charge in [-0.2, -0.15) is 13.2 Å². The van der Waals surface area contributed by atoms with Gasteiger partial charge in [0, 0.05) is 25.0 Å². The molecular formula is C27H30F3N3O4. The van der Waals surface area contributed by atoms with Crippen LogP contribution in [0.4, 0.5) is 13.2 Å². The van der Waals surface area contributed by atoms with E-state index in [1.54, 1.807) is 12.1 Å². The molecule has 7 nitrogen and oxygen atoms in total. The number of ether oxygens (including phenoxy) is 4. The van der Waals surface area contributed by atoms with Crippen molar-refractivity contribution in [1.82, 2.24) is 14.9 Å². The van der Waals surface area contributed by atoms with E-state index in [0.29, 0.717) is 48.1 Å². The van der Waals surface area contributed by atoms with E-state index >= 15 is 0 Å². The predicted molar refractivity (Wildman–Crippen MR) is 131 cm³/mol. The van der Waals surface area contributed by atoms with Gasteiger partial charge in [0.15, 0.2) is 0 Å². The first-order chi connectivity index (χ1) is 17.8. The first-order valence-electron chi connectivity index (χ1n) is 12.5. The van der Waals surface area contributed by atoms with Crippen LogP contribution in [0.2, 0.25) is 0 Å². The molecule has 0 atom stereocenters. The van der Waals surface area contributed by atoms with Crippen molar-refractivity contribution in [1.29, 1.82) is 0 Å². The third-order valence-electron chi connectivity index (χ3n) is 6.80. The van der Waals surface area contributed by atoms with E-state index in [0.717, 1.165) is 50.9 Å². The Kier molecular flexibility index (Phi) is 7.66. The second-order valence-corrected chi connectivity index (χ2v) is 9.61. The number of alkyl halides is 3. The van der Waals surface area contributed by atoms with Gasteiger partial charge < -0.3 is 23.8 Å². The molecule has 0 amide bonds. The van der Waals surface area contributed by atoms with Crippen molar-refractivity contribution in [2.24, 2.45) is 5.92 Å². The topological polar surface area (TPSA) is 65.9 Å². The Balaban J connectivity index is 1.45. The van der Waals surface area contributed by atoms with E-state index in [1.807, 2.05) is 0 Å². The molecular weight excluding hydrogens is 487 g/mol. The number of benzene rings is 2. The van der Waals surface area contributed by atoms with Crippen LogP contribution in [0.3, 0.4) is 0 Å². The molecule has 1 aromatic heterocycles. The number of aromatic nitrogens is 2. The van der Waals surface area contributed by atoms with E-state index in [-0.39, 0.29) is 17.7 Å². The summed E-state index contributed by atoms with van der Waals surface area (Å²) in [5, 5.41) is 0.484. The van der Waals surface area contributed by atoms with Gasteiger partial charge >= 0.3 is 6.18 Å². The molecule has 0 saturated carbocycles. The second kappa shape index (κ2) is 11.1. The molecule has 2 aromatic carbocycles. The fraction of sp³-hybridized carbons (Fsp3) is 0.481. The number of hydrogen-bond acceptors (Lipinski definition) is 7. The summed E-state index contributed by atoms with van der Waals surface area (Å²) >= 11 is 0. The van der Waals surface area contributed by atoms with Crippen LogP contribution in [-0.2, 0) is 10.9 Å². The highest BCUT2D eigenvalue weighted by Gasteiger charge is 2.31. The van der Waals surface area contributed by atoms with Crippen LogP contribution >= 0.6 is 0 Å². The first-order valence-corrected chi connectivity index (χ1v) is 12.5. The van der Waals surface area contributed by atoms with Gasteiger partial charge in [-0.1, -0.05) is 6.07 Å². The molecule has 2 fully saturated rings. The van der Waals surface area contributed by atoms with E-state index in [9.17, 15) is 13.2 Å². The Hall–Kier alpha value is -3.11. The van der Waals surface area contributed by atoms with E-state index in [2.05, 4.69) is 21.9 Å². The van der Waals surface area contributed by atoms with Crippen molar-refractivity contribution in [3.8, 4) is 23.1 Å². The molecule has 0 aliphatic carbocycles. The minimum absolute atomic E-state index is 0.0226. The highest BCUT2D eigenvalue weighted by atomic mass is 19.4. The van der Waals surface area contributed by atoms with Crippen molar-refractivity contribution in [3.05, 3.63) is 48.3 Å². The fourth-order valence-corrected chi connectivity index (χ4v) is 4.62. The summed E-state index contributed by atoms with van der Waals surface area (Å²) in [6.07, 6.45) is 0.357. The summed E-state index contributed by atoms with van der Waals surface area (Å²) in [7, 11) is 2.12. The molecule has 0 bridgehead atoms. The molecule has 0 radical (unpaired) electrons.